The Morgan fingerprint density at radius 3 is 2.56 bits per heavy atom. The second-order valence-corrected chi connectivity index (χ2v) is 8.34. The van der Waals surface area contributed by atoms with Crippen LogP contribution in [0.3, 0.4) is 0 Å². The van der Waals surface area contributed by atoms with Gasteiger partial charge < -0.3 is 16.0 Å². The molecule has 1 heterocycles. The van der Waals surface area contributed by atoms with Crippen molar-refractivity contribution < 1.29 is 22.4 Å². The summed E-state index contributed by atoms with van der Waals surface area (Å²) in [6.07, 6.45) is 0.929. The first kappa shape index (κ1) is 19.2. The molecular formula is C16H22FN3O4S. The van der Waals surface area contributed by atoms with Crippen LogP contribution in [0.4, 0.5) is 9.18 Å². The largest absolute Gasteiger partial charge is 0.354 e. The lowest BCUT2D eigenvalue weighted by molar-refractivity contribution is -0.122. The summed E-state index contributed by atoms with van der Waals surface area (Å²) in [6, 6.07) is 4.26. The molecule has 3 amide bonds. The van der Waals surface area contributed by atoms with Gasteiger partial charge in [-0.3, -0.25) is 4.79 Å². The van der Waals surface area contributed by atoms with E-state index in [4.69, 9.17) is 0 Å². The molecule has 0 bridgehead atoms. The van der Waals surface area contributed by atoms with Crippen LogP contribution >= 0.6 is 0 Å². The van der Waals surface area contributed by atoms with Gasteiger partial charge in [0.25, 0.3) is 0 Å². The molecule has 0 radical (unpaired) electrons. The van der Waals surface area contributed by atoms with Crippen molar-refractivity contribution in [2.75, 3.05) is 18.1 Å². The number of urea groups is 1. The fourth-order valence-electron chi connectivity index (χ4n) is 2.53. The van der Waals surface area contributed by atoms with Gasteiger partial charge in [-0.05, 0) is 37.5 Å². The van der Waals surface area contributed by atoms with E-state index in [9.17, 15) is 22.4 Å². The van der Waals surface area contributed by atoms with Crippen molar-refractivity contribution in [3.8, 4) is 0 Å². The van der Waals surface area contributed by atoms with E-state index < -0.39 is 28.0 Å². The van der Waals surface area contributed by atoms with E-state index in [0.29, 0.717) is 19.4 Å². The molecule has 1 aliphatic rings. The van der Waals surface area contributed by atoms with Gasteiger partial charge >= 0.3 is 6.03 Å². The Labute approximate surface area is 146 Å². The zero-order valence-corrected chi connectivity index (χ0v) is 14.7. The topological polar surface area (TPSA) is 104 Å². The Bertz CT molecular complexity index is 721. The monoisotopic (exact) mass is 371 g/mol. The molecule has 0 spiro atoms. The molecule has 1 aliphatic heterocycles. The molecule has 3 N–H and O–H groups in total. The smallest absolute Gasteiger partial charge is 0.315 e. The highest BCUT2D eigenvalue weighted by Gasteiger charge is 2.29. The number of amides is 3. The molecule has 138 valence electrons. The first-order valence-electron chi connectivity index (χ1n) is 8.05. The van der Waals surface area contributed by atoms with Gasteiger partial charge in [0.15, 0.2) is 9.84 Å². The summed E-state index contributed by atoms with van der Waals surface area (Å²) in [5.74, 6) is -0.668. The van der Waals surface area contributed by atoms with Crippen LogP contribution in [0, 0.1) is 5.82 Å². The Kier molecular flexibility index (Phi) is 6.35. The number of nitrogens with one attached hydrogen (secondary N) is 3. The van der Waals surface area contributed by atoms with Gasteiger partial charge in [0.05, 0.1) is 11.5 Å². The quantitative estimate of drug-likeness (QED) is 0.671. The van der Waals surface area contributed by atoms with Crippen LogP contribution in [0.5, 0.6) is 0 Å². The maximum absolute atomic E-state index is 12.8. The van der Waals surface area contributed by atoms with Crippen molar-refractivity contribution in [1.82, 2.24) is 16.0 Å². The normalized spacial score (nSPS) is 19.8. The number of sulfone groups is 1. The molecule has 9 heteroatoms. The van der Waals surface area contributed by atoms with Gasteiger partial charge in [-0.15, -0.1) is 0 Å². The molecule has 1 unspecified atom stereocenters. The van der Waals surface area contributed by atoms with E-state index in [1.807, 2.05) is 0 Å². The number of carbonyl (C=O) groups is 2. The predicted molar refractivity (Wildman–Crippen MR) is 91.3 cm³/mol. The molecular weight excluding hydrogens is 349 g/mol. The zero-order chi connectivity index (χ0) is 18.4. The summed E-state index contributed by atoms with van der Waals surface area (Å²) >= 11 is 0. The van der Waals surface area contributed by atoms with E-state index in [-0.39, 0.29) is 23.2 Å². The van der Waals surface area contributed by atoms with Crippen LogP contribution in [-0.2, 0) is 21.1 Å². The van der Waals surface area contributed by atoms with Crippen molar-refractivity contribution in [3.63, 3.8) is 0 Å². The maximum Gasteiger partial charge on any atom is 0.315 e. The molecule has 1 fully saturated rings. The lowest BCUT2D eigenvalue weighted by Crippen LogP contribution is -2.51. The van der Waals surface area contributed by atoms with Gasteiger partial charge in [-0.2, -0.15) is 0 Å². The average Bonchev–Trinajstić information content (AvgIpc) is 2.87. The van der Waals surface area contributed by atoms with Gasteiger partial charge in [0.1, 0.15) is 11.9 Å². The van der Waals surface area contributed by atoms with Gasteiger partial charge in [0, 0.05) is 12.6 Å². The van der Waals surface area contributed by atoms with E-state index in [1.54, 1.807) is 12.1 Å². The third-order valence-electron chi connectivity index (χ3n) is 3.93. The van der Waals surface area contributed by atoms with Crippen molar-refractivity contribution in [2.45, 2.75) is 31.8 Å². The molecule has 1 aromatic rings. The molecule has 2 rings (SSSR count). The Balaban J connectivity index is 1.68. The third-order valence-corrected chi connectivity index (χ3v) is 5.70. The highest BCUT2D eigenvalue weighted by Crippen LogP contribution is 2.10. The Morgan fingerprint density at radius 2 is 1.96 bits per heavy atom. The highest BCUT2D eigenvalue weighted by molar-refractivity contribution is 7.91. The lowest BCUT2D eigenvalue weighted by atomic mass is 10.1. The van der Waals surface area contributed by atoms with Crippen LogP contribution in [0.15, 0.2) is 24.3 Å². The SMILES string of the molecule is C[C@H](NC(=O)NC1CCS(=O)(=O)C1)C(=O)NCCc1ccc(F)cc1. The number of hydrogen-bond acceptors (Lipinski definition) is 4. The molecule has 7 nitrogen and oxygen atoms in total. The van der Waals surface area contributed by atoms with Crippen LogP contribution in [0.1, 0.15) is 18.9 Å². The molecule has 0 saturated carbocycles. The summed E-state index contributed by atoms with van der Waals surface area (Å²) in [4.78, 5) is 23.8. The number of halogens is 1. The second-order valence-electron chi connectivity index (χ2n) is 6.11. The summed E-state index contributed by atoms with van der Waals surface area (Å²) in [5.41, 5.74) is 0.891. The molecule has 1 saturated heterocycles. The fraction of sp³-hybridized carbons (Fsp3) is 0.500. The molecule has 25 heavy (non-hydrogen) atoms. The molecule has 0 aromatic heterocycles. The molecule has 2 atom stereocenters. The van der Waals surface area contributed by atoms with Crippen molar-refractivity contribution in [3.05, 3.63) is 35.6 Å². The summed E-state index contributed by atoms with van der Waals surface area (Å²) in [7, 11) is -3.07. The van der Waals surface area contributed by atoms with Crippen LogP contribution < -0.4 is 16.0 Å². The van der Waals surface area contributed by atoms with E-state index in [2.05, 4.69) is 16.0 Å². The first-order chi connectivity index (χ1) is 11.7. The Morgan fingerprint density at radius 1 is 1.28 bits per heavy atom. The van der Waals surface area contributed by atoms with E-state index >= 15 is 0 Å². The van der Waals surface area contributed by atoms with Gasteiger partial charge in [0.2, 0.25) is 5.91 Å². The minimum atomic E-state index is -3.07. The first-order valence-corrected chi connectivity index (χ1v) is 9.87. The number of rotatable bonds is 6. The molecule has 0 aliphatic carbocycles. The minimum Gasteiger partial charge on any atom is -0.354 e. The average molecular weight is 371 g/mol. The third kappa shape index (κ3) is 6.33. The fourth-order valence-corrected chi connectivity index (χ4v) is 4.21. The number of hydrogen-bond donors (Lipinski definition) is 3. The van der Waals surface area contributed by atoms with Gasteiger partial charge in [-0.25, -0.2) is 17.6 Å². The number of carbonyl (C=O) groups excluding carboxylic acids is 2. The van der Waals surface area contributed by atoms with Crippen molar-refractivity contribution >= 4 is 21.8 Å². The van der Waals surface area contributed by atoms with Crippen LogP contribution in [0.25, 0.3) is 0 Å². The Hall–Kier alpha value is -2.16. The van der Waals surface area contributed by atoms with E-state index in [0.717, 1.165) is 5.56 Å². The summed E-state index contributed by atoms with van der Waals surface area (Å²) in [5, 5.41) is 7.73. The van der Waals surface area contributed by atoms with Crippen LogP contribution in [0.2, 0.25) is 0 Å². The standard InChI is InChI=1S/C16H22FN3O4S/c1-11(19-16(22)20-14-7-9-25(23,24)10-14)15(21)18-8-6-12-2-4-13(17)5-3-12/h2-5,11,14H,6-10H2,1H3,(H,18,21)(H2,19,20,22)/t11-,14?/m0/s1. The summed E-state index contributed by atoms with van der Waals surface area (Å²) < 4.78 is 35.5. The van der Waals surface area contributed by atoms with E-state index in [1.165, 1.54) is 19.1 Å². The minimum absolute atomic E-state index is 0.0668. The maximum atomic E-state index is 12.8. The van der Waals surface area contributed by atoms with Crippen molar-refractivity contribution in [1.29, 1.82) is 0 Å². The van der Waals surface area contributed by atoms with Crippen molar-refractivity contribution in [2.24, 2.45) is 0 Å². The van der Waals surface area contributed by atoms with Crippen LogP contribution in [-0.4, -0.2) is 50.5 Å². The zero-order valence-electron chi connectivity index (χ0n) is 13.9. The number of benzene rings is 1. The second kappa shape index (κ2) is 8.28. The lowest BCUT2D eigenvalue weighted by Gasteiger charge is -2.17. The predicted octanol–water partition coefficient (Wildman–Crippen LogP) is 0.359. The summed E-state index contributed by atoms with van der Waals surface area (Å²) in [6.45, 7) is 1.90. The van der Waals surface area contributed by atoms with Gasteiger partial charge in [-0.1, -0.05) is 12.1 Å². The highest BCUT2D eigenvalue weighted by atomic mass is 32.2. The molecule has 1 aromatic carbocycles.